The van der Waals surface area contributed by atoms with Gasteiger partial charge in [0.25, 0.3) is 0 Å². The smallest absolute Gasteiger partial charge is 0.336 e. The number of carboxylic acid groups (broad SMARTS) is 1. The minimum absolute atomic E-state index is 0.166. The fourth-order valence-corrected chi connectivity index (χ4v) is 2.55. The van der Waals surface area contributed by atoms with Crippen LogP contribution in [0.2, 0.25) is 5.02 Å². The van der Waals surface area contributed by atoms with Crippen LogP contribution in [0.1, 0.15) is 10.4 Å². The van der Waals surface area contributed by atoms with Gasteiger partial charge in [-0.05, 0) is 30.3 Å². The molecule has 22 heavy (non-hydrogen) atoms. The lowest BCUT2D eigenvalue weighted by Crippen LogP contribution is -2.01. The van der Waals surface area contributed by atoms with Crippen LogP contribution in [0.25, 0.3) is 22.2 Å². The molecule has 3 rings (SSSR count). The highest BCUT2D eigenvalue weighted by molar-refractivity contribution is 6.33. The van der Waals surface area contributed by atoms with Crippen molar-refractivity contribution in [1.82, 2.24) is 4.98 Å². The van der Waals surface area contributed by atoms with Gasteiger partial charge in [-0.2, -0.15) is 0 Å². The van der Waals surface area contributed by atoms with E-state index in [0.29, 0.717) is 32.9 Å². The summed E-state index contributed by atoms with van der Waals surface area (Å²) >= 11 is 6.18. The first-order valence-electron chi connectivity index (χ1n) is 6.57. The van der Waals surface area contributed by atoms with Crippen LogP contribution in [0.3, 0.4) is 0 Å². The van der Waals surface area contributed by atoms with E-state index >= 15 is 0 Å². The molecule has 1 heterocycles. The van der Waals surface area contributed by atoms with Crippen molar-refractivity contribution in [3.05, 3.63) is 59.1 Å². The zero-order valence-corrected chi connectivity index (χ0v) is 12.5. The van der Waals surface area contributed by atoms with Crippen molar-refractivity contribution < 1.29 is 14.6 Å². The third-order valence-electron chi connectivity index (χ3n) is 3.40. The molecule has 0 saturated heterocycles. The fourth-order valence-electron chi connectivity index (χ4n) is 2.32. The van der Waals surface area contributed by atoms with Crippen molar-refractivity contribution in [2.75, 3.05) is 7.11 Å². The first-order valence-corrected chi connectivity index (χ1v) is 6.95. The number of pyridine rings is 1. The van der Waals surface area contributed by atoms with Crippen LogP contribution in [0.5, 0.6) is 5.75 Å². The van der Waals surface area contributed by atoms with Crippen LogP contribution >= 0.6 is 11.6 Å². The van der Waals surface area contributed by atoms with Crippen LogP contribution in [-0.2, 0) is 0 Å². The molecule has 3 aromatic rings. The number of methoxy groups -OCH3 is 1. The molecular formula is C17H12ClNO3. The molecule has 0 aliphatic carbocycles. The summed E-state index contributed by atoms with van der Waals surface area (Å²) in [5.74, 6) is -0.434. The second kappa shape index (κ2) is 5.66. The van der Waals surface area contributed by atoms with Crippen LogP contribution in [0.15, 0.2) is 48.5 Å². The van der Waals surface area contributed by atoms with Gasteiger partial charge < -0.3 is 9.84 Å². The Labute approximate surface area is 131 Å². The summed E-state index contributed by atoms with van der Waals surface area (Å²) in [4.78, 5) is 16.1. The van der Waals surface area contributed by atoms with Gasteiger partial charge in [-0.1, -0.05) is 29.8 Å². The zero-order chi connectivity index (χ0) is 15.7. The Kier molecular flexibility index (Phi) is 3.69. The molecule has 0 amide bonds. The zero-order valence-electron chi connectivity index (χ0n) is 11.7. The summed E-state index contributed by atoms with van der Waals surface area (Å²) < 4.78 is 5.15. The predicted molar refractivity (Wildman–Crippen MR) is 85.7 cm³/mol. The monoisotopic (exact) mass is 313 g/mol. The van der Waals surface area contributed by atoms with E-state index in [1.807, 2.05) is 18.2 Å². The number of benzene rings is 2. The summed E-state index contributed by atoms with van der Waals surface area (Å²) in [5, 5.41) is 10.5. The average molecular weight is 314 g/mol. The topological polar surface area (TPSA) is 59.4 Å². The molecule has 0 spiro atoms. The Morgan fingerprint density at radius 2 is 1.95 bits per heavy atom. The maximum atomic E-state index is 11.6. The molecule has 0 unspecified atom stereocenters. The predicted octanol–water partition coefficient (Wildman–Crippen LogP) is 4.26. The Hall–Kier alpha value is -2.59. The summed E-state index contributed by atoms with van der Waals surface area (Å²) in [6, 6.07) is 13.9. The molecule has 1 aromatic heterocycles. The van der Waals surface area contributed by atoms with Crippen LogP contribution in [0, 0.1) is 0 Å². The quantitative estimate of drug-likeness (QED) is 0.784. The maximum Gasteiger partial charge on any atom is 0.336 e. The summed E-state index contributed by atoms with van der Waals surface area (Å²) in [6.07, 6.45) is 0. The van der Waals surface area contributed by atoms with E-state index in [9.17, 15) is 9.90 Å². The second-order valence-corrected chi connectivity index (χ2v) is 5.13. The van der Waals surface area contributed by atoms with E-state index in [2.05, 4.69) is 4.98 Å². The normalized spacial score (nSPS) is 10.6. The molecular weight excluding hydrogens is 302 g/mol. The van der Waals surface area contributed by atoms with Gasteiger partial charge in [0, 0.05) is 16.0 Å². The molecule has 0 aliphatic rings. The van der Waals surface area contributed by atoms with Crippen molar-refractivity contribution in [1.29, 1.82) is 0 Å². The van der Waals surface area contributed by atoms with Gasteiger partial charge in [-0.3, -0.25) is 0 Å². The van der Waals surface area contributed by atoms with Gasteiger partial charge in [0.1, 0.15) is 5.75 Å². The number of hydrogen-bond acceptors (Lipinski definition) is 3. The minimum atomic E-state index is -1.02. The second-order valence-electron chi connectivity index (χ2n) is 4.72. The van der Waals surface area contributed by atoms with E-state index in [4.69, 9.17) is 16.3 Å². The maximum absolute atomic E-state index is 11.6. The lowest BCUT2D eigenvalue weighted by atomic mass is 10.0. The molecule has 1 N–H and O–H groups in total. The number of aromatic nitrogens is 1. The van der Waals surface area contributed by atoms with Gasteiger partial charge in [-0.25, -0.2) is 9.78 Å². The van der Waals surface area contributed by atoms with Crippen molar-refractivity contribution in [3.8, 4) is 17.0 Å². The first kappa shape index (κ1) is 14.4. The van der Waals surface area contributed by atoms with Crippen LogP contribution < -0.4 is 4.74 Å². The number of hydrogen-bond donors (Lipinski definition) is 1. The molecule has 0 atom stereocenters. The molecule has 0 fully saturated rings. The number of ether oxygens (including phenoxy) is 1. The highest BCUT2D eigenvalue weighted by Gasteiger charge is 2.15. The van der Waals surface area contributed by atoms with Gasteiger partial charge in [0.15, 0.2) is 0 Å². The van der Waals surface area contributed by atoms with Crippen LogP contribution in [-0.4, -0.2) is 23.2 Å². The highest BCUT2D eigenvalue weighted by atomic mass is 35.5. The van der Waals surface area contributed by atoms with E-state index in [1.54, 1.807) is 24.3 Å². The summed E-state index contributed by atoms with van der Waals surface area (Å²) in [5.41, 5.74) is 1.97. The standard InChI is InChI=1S/C17H12ClNO3/c1-22-10-6-7-15-12(8-10)13(17(20)21)9-16(19-15)11-4-2-3-5-14(11)18/h2-9H,1H3,(H,20,21). The van der Waals surface area contributed by atoms with E-state index in [0.717, 1.165) is 0 Å². The Bertz CT molecular complexity index is 877. The number of carbonyl (C=O) groups is 1. The van der Waals surface area contributed by atoms with Gasteiger partial charge >= 0.3 is 5.97 Å². The molecule has 0 bridgehead atoms. The number of aromatic carboxylic acids is 1. The highest BCUT2D eigenvalue weighted by Crippen LogP contribution is 2.31. The van der Waals surface area contributed by atoms with Crippen molar-refractivity contribution in [3.63, 3.8) is 0 Å². The van der Waals surface area contributed by atoms with Crippen molar-refractivity contribution in [2.24, 2.45) is 0 Å². The third-order valence-corrected chi connectivity index (χ3v) is 3.73. The van der Waals surface area contributed by atoms with Gasteiger partial charge in [0.2, 0.25) is 0 Å². The Balaban J connectivity index is 2.31. The van der Waals surface area contributed by atoms with Crippen molar-refractivity contribution in [2.45, 2.75) is 0 Å². The van der Waals surface area contributed by atoms with Gasteiger partial charge in [0.05, 0.1) is 23.9 Å². The minimum Gasteiger partial charge on any atom is -0.497 e. The SMILES string of the molecule is COc1ccc2nc(-c3ccccc3Cl)cc(C(=O)O)c2c1. The van der Waals surface area contributed by atoms with E-state index in [-0.39, 0.29) is 5.56 Å². The number of nitrogens with zero attached hydrogens (tertiary/aromatic N) is 1. The van der Waals surface area contributed by atoms with E-state index in [1.165, 1.54) is 13.2 Å². The van der Waals surface area contributed by atoms with E-state index < -0.39 is 5.97 Å². The fraction of sp³-hybridized carbons (Fsp3) is 0.0588. The molecule has 110 valence electrons. The summed E-state index contributed by atoms with van der Waals surface area (Å²) in [6.45, 7) is 0. The molecule has 0 aliphatic heterocycles. The largest absolute Gasteiger partial charge is 0.497 e. The Morgan fingerprint density at radius 1 is 1.18 bits per heavy atom. The van der Waals surface area contributed by atoms with Gasteiger partial charge in [-0.15, -0.1) is 0 Å². The lowest BCUT2D eigenvalue weighted by Gasteiger charge is -2.09. The molecule has 4 nitrogen and oxygen atoms in total. The first-order chi connectivity index (χ1) is 10.6. The van der Waals surface area contributed by atoms with Crippen LogP contribution in [0.4, 0.5) is 0 Å². The summed E-state index contributed by atoms with van der Waals surface area (Å²) in [7, 11) is 1.53. The average Bonchev–Trinajstić information content (AvgIpc) is 2.53. The molecule has 0 radical (unpaired) electrons. The molecule has 0 saturated carbocycles. The lowest BCUT2D eigenvalue weighted by molar-refractivity contribution is 0.0699. The Morgan fingerprint density at radius 3 is 2.64 bits per heavy atom. The number of rotatable bonds is 3. The third kappa shape index (κ3) is 2.49. The number of carboxylic acids is 1. The number of halogens is 1. The molecule has 2 aromatic carbocycles. The van der Waals surface area contributed by atoms with Crippen molar-refractivity contribution >= 4 is 28.5 Å². The number of fused-ring (bicyclic) bond motifs is 1. The molecule has 5 heteroatoms.